The molecule has 13 heteroatoms. The van der Waals surface area contributed by atoms with Crippen molar-refractivity contribution in [1.82, 2.24) is 0 Å². The molecule has 0 unspecified atom stereocenters. The molecular weight excluding hydrogens is 295 g/mol. The van der Waals surface area contributed by atoms with E-state index in [4.69, 9.17) is 29.0 Å². The van der Waals surface area contributed by atoms with E-state index in [1.807, 2.05) is 0 Å². The first kappa shape index (κ1) is 31.4. The zero-order chi connectivity index (χ0) is 11.1. The molecule has 0 radical (unpaired) electrons. The molecule has 16 heavy (non-hydrogen) atoms. The van der Waals surface area contributed by atoms with Gasteiger partial charge in [0.15, 0.2) is 0 Å². The summed E-state index contributed by atoms with van der Waals surface area (Å²) >= 11 is 0. The molecule has 0 heterocycles. The molecule has 0 aromatic carbocycles. The molecule has 0 aliphatic rings. The molecule has 0 spiro atoms. The van der Waals surface area contributed by atoms with Crippen molar-refractivity contribution in [2.45, 2.75) is 0 Å². The summed E-state index contributed by atoms with van der Waals surface area (Å²) in [5.41, 5.74) is 0. The fourth-order valence-electron chi connectivity index (χ4n) is 0.150. The van der Waals surface area contributed by atoms with E-state index >= 15 is 0 Å². The van der Waals surface area contributed by atoms with Gasteiger partial charge in [0.2, 0.25) is 0 Å². The normalized spacial score (nSPS) is 9.31. The fraction of sp³-hybridized carbons (Fsp3) is 0.333. The fourth-order valence-corrected chi connectivity index (χ4v) is 0.449. The van der Waals surface area contributed by atoms with E-state index < -0.39 is 15.6 Å². The minimum absolute atomic E-state index is 0. The van der Waals surface area contributed by atoms with Crippen LogP contribution in [-0.4, -0.2) is 120 Å². The molecule has 0 atom stereocenters. The topological polar surface area (TPSA) is 145 Å². The van der Waals surface area contributed by atoms with Gasteiger partial charge < -0.3 is 24.5 Å². The second kappa shape index (κ2) is 16.0. The quantitative estimate of drug-likeness (QED) is 0.217. The first-order chi connectivity index (χ1) is 5.56. The molecule has 0 aromatic heterocycles. The van der Waals surface area contributed by atoms with Gasteiger partial charge >= 0.3 is 104 Å². The second-order valence-corrected chi connectivity index (χ2v) is 3.85. The van der Waals surface area contributed by atoms with Crippen molar-refractivity contribution in [1.29, 1.82) is 0 Å². The number of rotatable bonds is 3. The van der Waals surface area contributed by atoms with Gasteiger partial charge in [0.1, 0.15) is 0 Å². The van der Waals surface area contributed by atoms with Gasteiger partial charge in [0.25, 0.3) is 0 Å². The molecule has 0 amide bonds. The molecule has 8 nitrogen and oxygen atoms in total. The number of phosphoric ester groups is 1. The maximum absolute atomic E-state index is 9.81. The van der Waals surface area contributed by atoms with Crippen LogP contribution in [0.15, 0.2) is 12.7 Å². The van der Waals surface area contributed by atoms with Crippen LogP contribution < -0.4 is 0 Å². The molecule has 0 bridgehead atoms. The third kappa shape index (κ3) is 68.2. The van der Waals surface area contributed by atoms with Crippen LogP contribution in [0.4, 0.5) is 0 Å². The van der Waals surface area contributed by atoms with E-state index in [2.05, 4.69) is 11.1 Å². The van der Waals surface area contributed by atoms with Gasteiger partial charge in [-0.05, 0) is 0 Å². The Morgan fingerprint density at radius 3 is 1.31 bits per heavy atom. The minimum atomic E-state index is -4.64. The van der Waals surface area contributed by atoms with Crippen LogP contribution in [0, 0.1) is 0 Å². The van der Waals surface area contributed by atoms with Crippen molar-refractivity contribution in [3.8, 4) is 0 Å². The van der Waals surface area contributed by atoms with Gasteiger partial charge in [-0.15, -0.1) is 6.58 Å². The van der Waals surface area contributed by atoms with E-state index in [1.165, 1.54) is 6.08 Å². The second-order valence-electron chi connectivity index (χ2n) is 1.59. The molecule has 0 aliphatic heterocycles. The number of phosphoric acid groups is 2. The summed E-state index contributed by atoms with van der Waals surface area (Å²) in [5.74, 6) is 0. The van der Waals surface area contributed by atoms with Gasteiger partial charge in [-0.3, -0.25) is 4.52 Å². The molecule has 0 fully saturated rings. The van der Waals surface area contributed by atoms with Crippen molar-refractivity contribution in [2.24, 2.45) is 0 Å². The Morgan fingerprint density at radius 1 is 1.00 bits per heavy atom. The molecule has 0 aliphatic carbocycles. The van der Waals surface area contributed by atoms with Crippen LogP contribution in [0.5, 0.6) is 0 Å². The van der Waals surface area contributed by atoms with Gasteiger partial charge in [0.05, 0.1) is 6.61 Å². The Kier molecular flexibility index (Phi) is 31.4. The third-order valence-corrected chi connectivity index (χ3v) is 0.846. The summed E-state index contributed by atoms with van der Waals surface area (Å²) in [6.45, 7) is 3.07. The zero-order valence-electron chi connectivity index (χ0n) is 6.35. The Morgan fingerprint density at radius 2 is 1.25 bits per heavy atom. The average molecular weight is 308 g/mol. The SMILES string of the molecule is C=CCOP(=O)(O)O.O=P(O)(O)O.[NaH].[NaH].[NaH]. The van der Waals surface area contributed by atoms with E-state index in [0.29, 0.717) is 0 Å². The maximum atomic E-state index is 9.81. The molecule has 0 aromatic rings. The summed E-state index contributed by atoms with van der Waals surface area (Å²) in [6.07, 6.45) is 1.26. The van der Waals surface area contributed by atoms with Crippen LogP contribution in [0.25, 0.3) is 0 Å². The summed E-state index contributed by atoms with van der Waals surface area (Å²) in [6, 6.07) is 0. The first-order valence-electron chi connectivity index (χ1n) is 2.65. The van der Waals surface area contributed by atoms with E-state index in [0.717, 1.165) is 0 Å². The molecule has 5 N–H and O–H groups in total. The van der Waals surface area contributed by atoms with Gasteiger partial charge in [-0.2, -0.15) is 0 Å². The summed E-state index contributed by atoms with van der Waals surface area (Å²) in [7, 11) is -8.89. The van der Waals surface area contributed by atoms with Crippen LogP contribution in [0.3, 0.4) is 0 Å². The standard InChI is InChI=1S/C3H7O4P.3Na.H3O4P.3H/c1-2-3-7-8(4,5)6;;;;1-5(2,3)4;;;/h2H,1,3H2,(H2,4,5,6);;;;(H3,1,2,3,4);;;. The van der Waals surface area contributed by atoms with Crippen LogP contribution >= 0.6 is 15.6 Å². The molecule has 0 saturated heterocycles. The van der Waals surface area contributed by atoms with Crippen molar-refractivity contribution in [3.63, 3.8) is 0 Å². The Bertz CT molecular complexity index is 226. The summed E-state index contributed by atoms with van der Waals surface area (Å²) in [4.78, 5) is 37.5. The van der Waals surface area contributed by atoms with Crippen molar-refractivity contribution in [2.75, 3.05) is 6.61 Å². The van der Waals surface area contributed by atoms with E-state index in [9.17, 15) is 4.57 Å². The van der Waals surface area contributed by atoms with Gasteiger partial charge in [-0.1, -0.05) is 6.08 Å². The van der Waals surface area contributed by atoms with Crippen molar-refractivity contribution >= 4 is 104 Å². The van der Waals surface area contributed by atoms with Crippen LogP contribution in [0.2, 0.25) is 0 Å². The predicted molar refractivity (Wildman–Crippen MR) is 63.9 cm³/mol. The van der Waals surface area contributed by atoms with Crippen LogP contribution in [-0.2, 0) is 13.7 Å². The molecular formula is C3H13Na3O8P2. The van der Waals surface area contributed by atoms with Crippen molar-refractivity contribution < 1.29 is 38.1 Å². The third-order valence-electron chi connectivity index (χ3n) is 0.361. The molecule has 0 rings (SSSR count). The summed E-state index contributed by atoms with van der Waals surface area (Å²) < 4.78 is 22.6. The average Bonchev–Trinajstić information content (AvgIpc) is 1.77. The Balaban J connectivity index is -0.0000000454. The zero-order valence-corrected chi connectivity index (χ0v) is 8.14. The monoisotopic (exact) mass is 308 g/mol. The Hall–Kier alpha value is 2.96. The molecule has 0 saturated carbocycles. The first-order valence-corrected chi connectivity index (χ1v) is 5.75. The Labute approximate surface area is 159 Å². The van der Waals surface area contributed by atoms with E-state index in [-0.39, 0.29) is 95.3 Å². The summed E-state index contributed by atoms with van der Waals surface area (Å²) in [5, 5.41) is 0. The van der Waals surface area contributed by atoms with Gasteiger partial charge in [0, 0.05) is 0 Å². The van der Waals surface area contributed by atoms with Crippen LogP contribution in [0.1, 0.15) is 0 Å². The van der Waals surface area contributed by atoms with E-state index in [1.54, 1.807) is 0 Å². The predicted octanol–water partition coefficient (Wildman–Crippen LogP) is -2.59. The van der Waals surface area contributed by atoms with Crippen molar-refractivity contribution in [3.05, 3.63) is 12.7 Å². The molecule has 86 valence electrons. The number of hydrogen-bond acceptors (Lipinski definition) is 3. The van der Waals surface area contributed by atoms with Gasteiger partial charge in [-0.25, -0.2) is 9.13 Å². The number of hydrogen-bond donors (Lipinski definition) is 5.